The van der Waals surface area contributed by atoms with Crippen molar-refractivity contribution in [3.8, 4) is 5.75 Å². The van der Waals surface area contributed by atoms with Crippen molar-refractivity contribution < 1.29 is 23.1 Å². The van der Waals surface area contributed by atoms with Gasteiger partial charge >= 0.3 is 16.2 Å². The molecule has 1 saturated heterocycles. The second kappa shape index (κ2) is 7.81. The molecule has 9 heteroatoms. The number of hydrogen-bond donors (Lipinski definition) is 2. The van der Waals surface area contributed by atoms with E-state index in [-0.39, 0.29) is 17.0 Å². The number of piperazine rings is 1. The van der Waals surface area contributed by atoms with Gasteiger partial charge in [-0.15, -0.1) is 0 Å². The summed E-state index contributed by atoms with van der Waals surface area (Å²) in [6.45, 7) is 2.37. The average molecular weight is 383 g/mol. The van der Waals surface area contributed by atoms with Crippen LogP contribution in [0.1, 0.15) is 36.0 Å². The van der Waals surface area contributed by atoms with Crippen LogP contribution in [0.4, 0.5) is 5.69 Å². The number of carboxylic acid groups (broad SMARTS) is 1. The lowest BCUT2D eigenvalue weighted by Crippen LogP contribution is -2.52. The number of anilines is 1. The standard InChI is InChI=1S/C17H25N3O5S/c1-25-16-12-13(17(21)22)6-7-15(16)18-26(23,24)20-10-8-19(9-11-20)14-4-2-3-5-14/h6-7,12,14,18H,2-5,8-11H2,1H3,(H,21,22). The highest BCUT2D eigenvalue weighted by molar-refractivity contribution is 7.90. The van der Waals surface area contributed by atoms with Crippen LogP contribution >= 0.6 is 0 Å². The number of carboxylic acids is 1. The summed E-state index contributed by atoms with van der Waals surface area (Å²) in [7, 11) is -2.35. The minimum absolute atomic E-state index is 0.0370. The highest BCUT2D eigenvalue weighted by atomic mass is 32.2. The molecule has 1 aromatic rings. The number of rotatable bonds is 6. The lowest BCUT2D eigenvalue weighted by molar-refractivity contribution is 0.0696. The van der Waals surface area contributed by atoms with E-state index in [0.717, 1.165) is 13.1 Å². The maximum Gasteiger partial charge on any atom is 0.335 e. The third-order valence-electron chi connectivity index (χ3n) is 5.14. The Hall–Kier alpha value is -1.84. The lowest BCUT2D eigenvalue weighted by Gasteiger charge is -2.37. The molecule has 0 radical (unpaired) electrons. The summed E-state index contributed by atoms with van der Waals surface area (Å²) in [6, 6.07) is 4.66. The zero-order valence-corrected chi connectivity index (χ0v) is 15.7. The fourth-order valence-electron chi connectivity index (χ4n) is 3.69. The van der Waals surface area contributed by atoms with Gasteiger partial charge in [0, 0.05) is 32.2 Å². The molecule has 1 aliphatic heterocycles. The van der Waals surface area contributed by atoms with Crippen molar-refractivity contribution in [2.45, 2.75) is 31.7 Å². The van der Waals surface area contributed by atoms with Crippen molar-refractivity contribution in [1.29, 1.82) is 0 Å². The van der Waals surface area contributed by atoms with Crippen LogP contribution in [0, 0.1) is 0 Å². The Bertz CT molecular complexity index is 754. The minimum Gasteiger partial charge on any atom is -0.495 e. The second-order valence-electron chi connectivity index (χ2n) is 6.70. The summed E-state index contributed by atoms with van der Waals surface area (Å²) in [5, 5.41) is 9.04. The molecule has 2 N–H and O–H groups in total. The summed E-state index contributed by atoms with van der Waals surface area (Å²) < 4.78 is 34.5. The molecule has 0 aromatic heterocycles. The number of nitrogens with one attached hydrogen (secondary N) is 1. The summed E-state index contributed by atoms with van der Waals surface area (Å²) in [5.41, 5.74) is 0.269. The molecule has 0 atom stereocenters. The van der Waals surface area contributed by atoms with Gasteiger partial charge in [0.1, 0.15) is 5.75 Å². The van der Waals surface area contributed by atoms with Crippen LogP contribution < -0.4 is 9.46 Å². The first-order chi connectivity index (χ1) is 12.4. The van der Waals surface area contributed by atoms with E-state index in [1.807, 2.05) is 0 Å². The molecule has 0 amide bonds. The van der Waals surface area contributed by atoms with Crippen molar-refractivity contribution in [2.75, 3.05) is 38.0 Å². The number of aromatic carboxylic acids is 1. The van der Waals surface area contributed by atoms with Gasteiger partial charge in [-0.1, -0.05) is 12.8 Å². The van der Waals surface area contributed by atoms with E-state index in [0.29, 0.717) is 19.1 Å². The number of benzene rings is 1. The predicted molar refractivity (Wildman–Crippen MR) is 97.9 cm³/mol. The summed E-state index contributed by atoms with van der Waals surface area (Å²) >= 11 is 0. The van der Waals surface area contributed by atoms with E-state index >= 15 is 0 Å². The third kappa shape index (κ3) is 4.11. The van der Waals surface area contributed by atoms with Crippen LogP contribution in [0.25, 0.3) is 0 Å². The highest BCUT2D eigenvalue weighted by Crippen LogP contribution is 2.28. The Morgan fingerprint density at radius 2 is 1.85 bits per heavy atom. The monoisotopic (exact) mass is 383 g/mol. The Kier molecular flexibility index (Phi) is 5.69. The first-order valence-corrected chi connectivity index (χ1v) is 10.3. The van der Waals surface area contributed by atoms with Gasteiger partial charge in [-0.2, -0.15) is 12.7 Å². The molecule has 0 bridgehead atoms. The smallest absolute Gasteiger partial charge is 0.335 e. The average Bonchev–Trinajstić information content (AvgIpc) is 3.16. The first kappa shape index (κ1) is 18.9. The highest BCUT2D eigenvalue weighted by Gasteiger charge is 2.31. The number of methoxy groups -OCH3 is 1. The van der Waals surface area contributed by atoms with Crippen LogP contribution in [0.2, 0.25) is 0 Å². The normalized spacial score (nSPS) is 20.2. The molecule has 2 fully saturated rings. The van der Waals surface area contributed by atoms with Gasteiger partial charge in [0.25, 0.3) is 0 Å². The van der Waals surface area contributed by atoms with Gasteiger partial charge in [-0.05, 0) is 31.0 Å². The second-order valence-corrected chi connectivity index (χ2v) is 8.37. The zero-order valence-electron chi connectivity index (χ0n) is 14.8. The minimum atomic E-state index is -3.72. The molecule has 8 nitrogen and oxygen atoms in total. The van der Waals surface area contributed by atoms with Gasteiger partial charge in [-0.25, -0.2) is 4.79 Å². The zero-order chi connectivity index (χ0) is 18.7. The lowest BCUT2D eigenvalue weighted by atomic mass is 10.2. The first-order valence-electron chi connectivity index (χ1n) is 8.84. The van der Waals surface area contributed by atoms with Crippen LogP contribution in [0.15, 0.2) is 18.2 Å². The molecule has 144 valence electrons. The molecule has 1 heterocycles. The van der Waals surface area contributed by atoms with Crippen molar-refractivity contribution in [3.05, 3.63) is 23.8 Å². The molecule has 1 saturated carbocycles. The van der Waals surface area contributed by atoms with E-state index in [2.05, 4.69) is 9.62 Å². The van der Waals surface area contributed by atoms with E-state index in [9.17, 15) is 13.2 Å². The Morgan fingerprint density at radius 1 is 1.19 bits per heavy atom. The molecule has 3 rings (SSSR count). The van der Waals surface area contributed by atoms with Gasteiger partial charge in [0.15, 0.2) is 0 Å². The summed E-state index contributed by atoms with van der Waals surface area (Å²) in [4.78, 5) is 13.4. The number of carbonyl (C=O) groups is 1. The van der Waals surface area contributed by atoms with Gasteiger partial charge < -0.3 is 9.84 Å². The van der Waals surface area contributed by atoms with E-state index in [1.165, 1.54) is 55.3 Å². The topological polar surface area (TPSA) is 99.2 Å². The Balaban J connectivity index is 1.66. The molecule has 0 spiro atoms. The predicted octanol–water partition coefficient (Wildman–Crippen LogP) is 1.61. The van der Waals surface area contributed by atoms with Crippen LogP contribution in [0.5, 0.6) is 5.75 Å². The maximum atomic E-state index is 12.7. The molecular formula is C17H25N3O5S. The van der Waals surface area contributed by atoms with Gasteiger partial charge in [0.05, 0.1) is 18.4 Å². The van der Waals surface area contributed by atoms with Crippen LogP contribution in [-0.4, -0.2) is 68.0 Å². The van der Waals surface area contributed by atoms with Crippen molar-refractivity contribution in [1.82, 2.24) is 9.21 Å². The third-order valence-corrected chi connectivity index (χ3v) is 6.66. The van der Waals surface area contributed by atoms with Crippen LogP contribution in [0.3, 0.4) is 0 Å². The maximum absolute atomic E-state index is 12.7. The fraction of sp³-hybridized carbons (Fsp3) is 0.588. The van der Waals surface area contributed by atoms with Gasteiger partial charge in [-0.3, -0.25) is 9.62 Å². The Morgan fingerprint density at radius 3 is 2.42 bits per heavy atom. The van der Waals surface area contributed by atoms with Gasteiger partial charge in [0.2, 0.25) is 0 Å². The van der Waals surface area contributed by atoms with Crippen molar-refractivity contribution in [3.63, 3.8) is 0 Å². The van der Waals surface area contributed by atoms with E-state index < -0.39 is 16.2 Å². The Labute approximate surface area is 153 Å². The number of nitrogens with zero attached hydrogens (tertiary/aromatic N) is 2. The molecule has 26 heavy (non-hydrogen) atoms. The number of hydrogen-bond acceptors (Lipinski definition) is 5. The van der Waals surface area contributed by atoms with Crippen molar-refractivity contribution in [2.24, 2.45) is 0 Å². The van der Waals surface area contributed by atoms with Crippen molar-refractivity contribution >= 4 is 21.9 Å². The number of ether oxygens (including phenoxy) is 1. The molecule has 2 aliphatic rings. The summed E-state index contributed by atoms with van der Waals surface area (Å²) in [5.74, 6) is -0.918. The quantitative estimate of drug-likeness (QED) is 0.774. The SMILES string of the molecule is COc1cc(C(=O)O)ccc1NS(=O)(=O)N1CCN(C2CCCC2)CC1. The fourth-order valence-corrected chi connectivity index (χ4v) is 4.91. The molecule has 1 aromatic carbocycles. The van der Waals surface area contributed by atoms with E-state index in [1.54, 1.807) is 0 Å². The summed E-state index contributed by atoms with van der Waals surface area (Å²) in [6.07, 6.45) is 4.93. The largest absolute Gasteiger partial charge is 0.495 e. The molecule has 1 aliphatic carbocycles. The van der Waals surface area contributed by atoms with E-state index in [4.69, 9.17) is 9.84 Å². The van der Waals surface area contributed by atoms with Crippen LogP contribution in [-0.2, 0) is 10.2 Å². The molecular weight excluding hydrogens is 358 g/mol. The molecule has 0 unspecified atom stereocenters.